The fourth-order valence-electron chi connectivity index (χ4n) is 1.94. The van der Waals surface area contributed by atoms with E-state index in [4.69, 9.17) is 9.47 Å². The number of rotatable bonds is 8. The third kappa shape index (κ3) is 4.29. The molecule has 1 aromatic heterocycles. The zero-order valence-electron chi connectivity index (χ0n) is 12.4. The lowest BCUT2D eigenvalue weighted by molar-refractivity contribution is -0.807. The molecule has 0 fully saturated rings. The molecule has 1 aromatic carbocycles. The van der Waals surface area contributed by atoms with Crippen LogP contribution in [0.1, 0.15) is 35.1 Å². The van der Waals surface area contributed by atoms with Crippen molar-refractivity contribution in [3.8, 4) is 0 Å². The molecule has 0 aliphatic heterocycles. The Morgan fingerprint density at radius 2 is 2.14 bits per heavy atom. The van der Waals surface area contributed by atoms with Gasteiger partial charge >= 0.3 is 11.7 Å². The first-order valence-corrected chi connectivity index (χ1v) is 7.09. The Kier molecular flexibility index (Phi) is 5.91. The lowest BCUT2D eigenvalue weighted by Gasteiger charge is -2.03. The summed E-state index contributed by atoms with van der Waals surface area (Å²) in [4.78, 5) is 11.9. The quantitative estimate of drug-likeness (QED) is 0.418. The number of benzene rings is 1. The van der Waals surface area contributed by atoms with Gasteiger partial charge in [-0.15, -0.1) is 0 Å². The highest BCUT2D eigenvalue weighted by Gasteiger charge is 2.26. The molecule has 0 N–H and O–H groups in total. The number of esters is 1. The maximum atomic E-state index is 11.6. The topological polar surface area (TPSA) is 88.5 Å². The van der Waals surface area contributed by atoms with Crippen molar-refractivity contribution in [2.75, 3.05) is 13.2 Å². The van der Waals surface area contributed by atoms with Gasteiger partial charge in [-0.2, -0.15) is 0 Å². The second kappa shape index (κ2) is 8.14. The van der Waals surface area contributed by atoms with E-state index in [0.717, 1.165) is 5.56 Å². The smallest absolute Gasteiger partial charge is 0.389 e. The summed E-state index contributed by atoms with van der Waals surface area (Å²) < 4.78 is 14.8. The number of hydrogen-bond donors (Lipinski definition) is 0. The van der Waals surface area contributed by atoms with E-state index >= 15 is 0 Å². The molecule has 7 nitrogen and oxygen atoms in total. The van der Waals surface area contributed by atoms with Crippen molar-refractivity contribution < 1.29 is 23.8 Å². The van der Waals surface area contributed by atoms with Gasteiger partial charge < -0.3 is 14.7 Å². The fourth-order valence-corrected chi connectivity index (χ4v) is 1.94. The maximum Gasteiger partial charge on any atom is 0.389 e. The van der Waals surface area contributed by atoms with Crippen LogP contribution < -0.4 is 4.90 Å². The van der Waals surface area contributed by atoms with Crippen molar-refractivity contribution in [1.82, 2.24) is 5.16 Å². The summed E-state index contributed by atoms with van der Waals surface area (Å²) in [5.74, 6) is -0.652. The van der Waals surface area contributed by atoms with Crippen LogP contribution in [0.25, 0.3) is 0 Å². The van der Waals surface area contributed by atoms with E-state index in [1.165, 1.54) is 0 Å². The minimum absolute atomic E-state index is 0.0695. The highest BCUT2D eigenvalue weighted by molar-refractivity contribution is 5.87. The van der Waals surface area contributed by atoms with Crippen molar-refractivity contribution in [3.63, 3.8) is 0 Å². The Balaban J connectivity index is 1.79. The maximum absolute atomic E-state index is 11.6. The number of nitrogens with zero attached hydrogens (tertiary/aromatic N) is 2. The van der Waals surface area contributed by atoms with Crippen LogP contribution in [-0.2, 0) is 22.5 Å². The molecule has 2 rings (SSSR count). The molecular formula is C15H18N2O5. The average Bonchev–Trinajstić information content (AvgIpc) is 2.89. The van der Waals surface area contributed by atoms with Gasteiger partial charge in [0.1, 0.15) is 0 Å². The average molecular weight is 306 g/mol. The van der Waals surface area contributed by atoms with Crippen LogP contribution in [0.2, 0.25) is 0 Å². The molecular weight excluding hydrogens is 288 g/mol. The van der Waals surface area contributed by atoms with Gasteiger partial charge in [0.05, 0.1) is 18.4 Å². The van der Waals surface area contributed by atoms with E-state index in [-0.39, 0.29) is 22.9 Å². The van der Waals surface area contributed by atoms with Crippen molar-refractivity contribution in [1.29, 1.82) is 0 Å². The summed E-state index contributed by atoms with van der Waals surface area (Å²) in [7, 11) is 0. The van der Waals surface area contributed by atoms with Gasteiger partial charge in [-0.1, -0.05) is 30.3 Å². The van der Waals surface area contributed by atoms with Crippen molar-refractivity contribution in [2.45, 2.75) is 26.4 Å². The van der Waals surface area contributed by atoms with Crippen LogP contribution in [0.5, 0.6) is 0 Å². The normalized spacial score (nSPS) is 10.6. The number of carbonyl (C=O) groups excluding carboxylic acids is 1. The Labute approximate surface area is 128 Å². The lowest BCUT2D eigenvalue weighted by atomic mass is 10.2. The van der Waals surface area contributed by atoms with Gasteiger partial charge in [0.2, 0.25) is 5.69 Å². The molecule has 0 radical (unpaired) electrons. The number of ether oxygens (including phenoxy) is 2. The van der Waals surface area contributed by atoms with Crippen molar-refractivity contribution >= 4 is 5.97 Å². The standard InChI is InChI=1S/C15H18N2O5/c1-2-21-15(18)14-13(17(19)22-16-14)9-6-10-20-11-12-7-4-3-5-8-12/h3-5,7-8H,2,6,9-11H2,1H3. The molecule has 0 amide bonds. The molecule has 118 valence electrons. The summed E-state index contributed by atoms with van der Waals surface area (Å²) in [6.45, 7) is 2.86. The summed E-state index contributed by atoms with van der Waals surface area (Å²) in [5, 5.41) is 14.9. The predicted molar refractivity (Wildman–Crippen MR) is 75.8 cm³/mol. The molecule has 0 saturated heterocycles. The molecule has 0 aliphatic carbocycles. The highest BCUT2D eigenvalue weighted by Crippen LogP contribution is 2.07. The number of aromatic nitrogens is 2. The van der Waals surface area contributed by atoms with E-state index in [2.05, 4.69) is 9.79 Å². The Morgan fingerprint density at radius 1 is 1.36 bits per heavy atom. The minimum Gasteiger partial charge on any atom is -0.459 e. The summed E-state index contributed by atoms with van der Waals surface area (Å²) in [6, 6.07) is 9.79. The first kappa shape index (κ1) is 16.0. The molecule has 0 spiro atoms. The third-order valence-electron chi connectivity index (χ3n) is 2.98. The minimum atomic E-state index is -0.652. The second-order valence-electron chi connectivity index (χ2n) is 4.59. The van der Waals surface area contributed by atoms with Crippen molar-refractivity contribution in [3.05, 3.63) is 52.5 Å². The van der Waals surface area contributed by atoms with Gasteiger partial charge in [-0.3, -0.25) is 4.63 Å². The lowest BCUT2D eigenvalue weighted by Crippen LogP contribution is -2.29. The predicted octanol–water partition coefficient (Wildman–Crippen LogP) is 1.63. The van der Waals surface area contributed by atoms with Gasteiger partial charge in [0.15, 0.2) is 0 Å². The van der Waals surface area contributed by atoms with E-state index in [0.29, 0.717) is 26.1 Å². The summed E-state index contributed by atoms with van der Waals surface area (Å²) in [5.41, 5.74) is 1.18. The van der Waals surface area contributed by atoms with Crippen LogP contribution >= 0.6 is 0 Å². The zero-order valence-corrected chi connectivity index (χ0v) is 12.4. The number of carbonyl (C=O) groups is 1. The van der Waals surface area contributed by atoms with E-state index in [1.54, 1.807) is 6.92 Å². The van der Waals surface area contributed by atoms with Crippen LogP contribution in [0.4, 0.5) is 0 Å². The summed E-state index contributed by atoms with van der Waals surface area (Å²) >= 11 is 0. The van der Waals surface area contributed by atoms with E-state index in [1.807, 2.05) is 30.3 Å². The third-order valence-corrected chi connectivity index (χ3v) is 2.98. The molecule has 7 heteroatoms. The molecule has 2 aromatic rings. The molecule has 22 heavy (non-hydrogen) atoms. The Bertz CT molecular complexity index is 597. The molecule has 0 bridgehead atoms. The van der Waals surface area contributed by atoms with Crippen LogP contribution in [0.3, 0.4) is 0 Å². The summed E-state index contributed by atoms with van der Waals surface area (Å²) in [6.07, 6.45) is 0.901. The zero-order chi connectivity index (χ0) is 15.8. The van der Waals surface area contributed by atoms with Crippen LogP contribution in [0, 0.1) is 5.21 Å². The van der Waals surface area contributed by atoms with Crippen molar-refractivity contribution in [2.24, 2.45) is 0 Å². The van der Waals surface area contributed by atoms with Gasteiger partial charge in [-0.25, -0.2) is 4.79 Å². The molecule has 1 heterocycles. The SMILES string of the molecule is CCOC(=O)c1no[n+]([O-])c1CCCOCc1ccccc1. The Morgan fingerprint density at radius 3 is 2.86 bits per heavy atom. The molecule has 0 aliphatic rings. The van der Waals surface area contributed by atoms with E-state index in [9.17, 15) is 10.0 Å². The molecule has 0 unspecified atom stereocenters. The van der Waals surface area contributed by atoms with E-state index < -0.39 is 5.97 Å². The Hall–Kier alpha value is -2.41. The first-order chi connectivity index (χ1) is 10.7. The highest BCUT2D eigenvalue weighted by atomic mass is 16.8. The monoisotopic (exact) mass is 306 g/mol. The first-order valence-electron chi connectivity index (χ1n) is 7.09. The second-order valence-corrected chi connectivity index (χ2v) is 4.59. The van der Waals surface area contributed by atoms with Crippen LogP contribution in [-0.4, -0.2) is 24.3 Å². The molecule has 0 atom stereocenters. The van der Waals surface area contributed by atoms with Crippen LogP contribution in [0.15, 0.2) is 35.0 Å². The molecule has 0 saturated carbocycles. The largest absolute Gasteiger partial charge is 0.459 e. The van der Waals surface area contributed by atoms with Gasteiger partial charge in [-0.05, 0) is 23.8 Å². The van der Waals surface area contributed by atoms with Gasteiger partial charge in [0, 0.05) is 13.0 Å². The fraction of sp³-hybridized carbons (Fsp3) is 0.400. The van der Waals surface area contributed by atoms with Gasteiger partial charge in [0.25, 0.3) is 0 Å². The number of hydrogen-bond acceptors (Lipinski definition) is 6.